The highest BCUT2D eigenvalue weighted by molar-refractivity contribution is 7.92. The highest BCUT2D eigenvalue weighted by Crippen LogP contribution is 2.41. The summed E-state index contributed by atoms with van der Waals surface area (Å²) in [5.41, 5.74) is 2.99. The number of para-hydroxylation sites is 1. The molecular formula is C39H45N5O6S. The van der Waals surface area contributed by atoms with Gasteiger partial charge in [-0.05, 0) is 68.0 Å². The number of nitrogens with zero attached hydrogens (tertiary/aromatic N) is 4. The van der Waals surface area contributed by atoms with E-state index in [0.717, 1.165) is 56.3 Å². The Morgan fingerprint density at radius 1 is 1.04 bits per heavy atom. The smallest absolute Gasteiger partial charge is 0.263 e. The lowest BCUT2D eigenvalue weighted by Gasteiger charge is -2.25. The van der Waals surface area contributed by atoms with Crippen LogP contribution in [0.1, 0.15) is 84.7 Å². The quantitative estimate of drug-likeness (QED) is 0.154. The van der Waals surface area contributed by atoms with Gasteiger partial charge in [-0.2, -0.15) is 0 Å². The summed E-state index contributed by atoms with van der Waals surface area (Å²) in [5, 5.41) is 3.90. The number of unbranched alkanes of at least 4 members (excludes halogenated alkanes) is 1. The van der Waals surface area contributed by atoms with Gasteiger partial charge in [0.2, 0.25) is 0 Å². The third-order valence-corrected chi connectivity index (χ3v) is 11.3. The van der Waals surface area contributed by atoms with Crippen LogP contribution in [0, 0.1) is 13.8 Å². The maximum absolute atomic E-state index is 14.0. The Hall–Kier alpha value is -4.97. The molecule has 0 saturated heterocycles. The Kier molecular flexibility index (Phi) is 10.3. The zero-order valence-electron chi connectivity index (χ0n) is 29.9. The summed E-state index contributed by atoms with van der Waals surface area (Å²) >= 11 is 0. The molecule has 2 aliphatic rings. The van der Waals surface area contributed by atoms with Crippen molar-refractivity contribution in [3.05, 3.63) is 94.7 Å². The van der Waals surface area contributed by atoms with Crippen LogP contribution < -0.4 is 9.46 Å². The zero-order valence-corrected chi connectivity index (χ0v) is 30.7. The summed E-state index contributed by atoms with van der Waals surface area (Å²) in [5.74, 6) is 1.72. The minimum Gasteiger partial charge on any atom is -0.496 e. The zero-order chi connectivity index (χ0) is 36.3. The van der Waals surface area contributed by atoms with Gasteiger partial charge < -0.3 is 14.2 Å². The summed E-state index contributed by atoms with van der Waals surface area (Å²) in [4.78, 5) is 36.3. The second-order valence-electron chi connectivity index (χ2n) is 13.4. The summed E-state index contributed by atoms with van der Waals surface area (Å²) in [6, 6.07) is 19.5. The molecule has 0 radical (unpaired) electrons. The number of anilines is 1. The molecule has 1 aliphatic carbocycles. The lowest BCUT2D eigenvalue weighted by atomic mass is 9.95. The lowest BCUT2D eigenvalue weighted by molar-refractivity contribution is -0.131. The summed E-state index contributed by atoms with van der Waals surface area (Å²) in [7, 11) is -0.893. The fourth-order valence-electron chi connectivity index (χ4n) is 6.99. The number of ether oxygens (including phenoxy) is 1. The fourth-order valence-corrected chi connectivity index (χ4v) is 8.27. The van der Waals surface area contributed by atoms with E-state index in [1.165, 1.54) is 7.11 Å². The van der Waals surface area contributed by atoms with Crippen LogP contribution in [-0.4, -0.2) is 60.7 Å². The molecule has 268 valence electrons. The van der Waals surface area contributed by atoms with Crippen molar-refractivity contribution >= 4 is 33.5 Å². The van der Waals surface area contributed by atoms with E-state index in [0.29, 0.717) is 45.9 Å². The van der Waals surface area contributed by atoms with E-state index in [1.807, 2.05) is 23.1 Å². The number of methoxy groups -OCH3 is 1. The van der Waals surface area contributed by atoms with Crippen molar-refractivity contribution in [2.24, 2.45) is 4.99 Å². The monoisotopic (exact) mass is 711 g/mol. The van der Waals surface area contributed by atoms with Crippen molar-refractivity contribution in [1.29, 1.82) is 0 Å². The number of carbonyl (C=O) groups is 2. The molecule has 2 heterocycles. The van der Waals surface area contributed by atoms with Gasteiger partial charge in [0, 0.05) is 31.1 Å². The molecule has 6 rings (SSSR count). The third-order valence-electron chi connectivity index (χ3n) is 9.94. The maximum atomic E-state index is 14.0. The number of benzene rings is 3. The Labute approximate surface area is 299 Å². The predicted octanol–water partition coefficient (Wildman–Crippen LogP) is 7.28. The van der Waals surface area contributed by atoms with Gasteiger partial charge in [-0.3, -0.25) is 24.2 Å². The molecule has 12 heteroatoms. The van der Waals surface area contributed by atoms with E-state index in [1.54, 1.807) is 74.3 Å². The molecule has 1 saturated carbocycles. The first kappa shape index (κ1) is 35.8. The van der Waals surface area contributed by atoms with Crippen molar-refractivity contribution < 1.29 is 27.3 Å². The Balaban J connectivity index is 1.40. The second kappa shape index (κ2) is 14.7. The molecule has 4 aromatic rings. The summed E-state index contributed by atoms with van der Waals surface area (Å²) in [6.45, 7) is 6.05. The van der Waals surface area contributed by atoms with Gasteiger partial charge in [-0.1, -0.05) is 79.9 Å². The number of amidine groups is 1. The first-order valence-electron chi connectivity index (χ1n) is 17.4. The third kappa shape index (κ3) is 7.14. The largest absolute Gasteiger partial charge is 0.496 e. The molecule has 2 amide bonds. The fraction of sp³-hybridized carbons (Fsp3) is 0.385. The first-order valence-corrected chi connectivity index (χ1v) is 18.9. The average molecular weight is 712 g/mol. The van der Waals surface area contributed by atoms with Crippen LogP contribution in [-0.2, 0) is 27.9 Å². The van der Waals surface area contributed by atoms with Crippen molar-refractivity contribution in [2.45, 2.75) is 89.2 Å². The summed E-state index contributed by atoms with van der Waals surface area (Å²) < 4.78 is 41.1. The predicted molar refractivity (Wildman–Crippen MR) is 196 cm³/mol. The number of hydrogen-bond donors (Lipinski definition) is 1. The van der Waals surface area contributed by atoms with Gasteiger partial charge in [-0.15, -0.1) is 0 Å². The van der Waals surface area contributed by atoms with E-state index in [4.69, 9.17) is 14.3 Å². The Morgan fingerprint density at radius 2 is 1.76 bits per heavy atom. The van der Waals surface area contributed by atoms with E-state index >= 15 is 0 Å². The van der Waals surface area contributed by atoms with Crippen LogP contribution in [0.3, 0.4) is 0 Å². The van der Waals surface area contributed by atoms with E-state index in [2.05, 4.69) is 16.8 Å². The number of carbonyl (C=O) groups excluding carboxylic acids is 2. The van der Waals surface area contributed by atoms with Crippen molar-refractivity contribution in [2.75, 3.05) is 18.9 Å². The normalized spacial score (nSPS) is 15.4. The average Bonchev–Trinajstić information content (AvgIpc) is 3.81. The number of sulfonamides is 1. The van der Waals surface area contributed by atoms with Gasteiger partial charge in [-0.25, -0.2) is 8.42 Å². The van der Waals surface area contributed by atoms with E-state index in [9.17, 15) is 18.0 Å². The van der Waals surface area contributed by atoms with Gasteiger partial charge >= 0.3 is 0 Å². The molecule has 51 heavy (non-hydrogen) atoms. The van der Waals surface area contributed by atoms with Crippen LogP contribution >= 0.6 is 0 Å². The first-order chi connectivity index (χ1) is 24.5. The molecule has 0 unspecified atom stereocenters. The standard InChI is InChI=1S/C39H45N5O6S/c1-6-7-18-35-40-39(21-12-13-22-39)38(46)44(35)24-28-19-20-30(29(23-28)25-43(4)37(45)32-15-8-10-16-33(32)49-5)31-14-9-11-17-34(31)51(47,48)42-36-26(2)27(3)50-41-36/h8-11,14-17,19-20,23H,6-7,12-13,18,21-22,24-25H2,1-5H3,(H,41,42). The topological polar surface area (TPSA) is 134 Å². The van der Waals surface area contributed by atoms with Crippen LogP contribution in [0.4, 0.5) is 5.82 Å². The van der Waals surface area contributed by atoms with Gasteiger partial charge in [0.1, 0.15) is 22.9 Å². The number of hydrogen-bond acceptors (Lipinski definition) is 8. The molecule has 11 nitrogen and oxygen atoms in total. The van der Waals surface area contributed by atoms with Crippen LogP contribution in [0.2, 0.25) is 0 Å². The van der Waals surface area contributed by atoms with Gasteiger partial charge in [0.05, 0.1) is 24.1 Å². The molecule has 0 bridgehead atoms. The van der Waals surface area contributed by atoms with Gasteiger partial charge in [0.15, 0.2) is 5.82 Å². The number of aryl methyl sites for hydroxylation is 1. The molecule has 1 aromatic heterocycles. The molecular weight excluding hydrogens is 667 g/mol. The number of aliphatic imine (C=N–C) groups is 1. The Bertz CT molecular complexity index is 2080. The molecule has 0 atom stereocenters. The number of rotatable bonds is 13. The molecule has 1 spiro atoms. The SMILES string of the molecule is CCCCC1=NC2(CCCC2)C(=O)N1Cc1ccc(-c2ccccc2S(=O)(=O)Nc2noc(C)c2C)c(CN(C)C(=O)c2ccccc2OC)c1. The minimum absolute atomic E-state index is 0.0460. The van der Waals surface area contributed by atoms with Crippen LogP contribution in [0.5, 0.6) is 5.75 Å². The molecule has 1 aliphatic heterocycles. The minimum atomic E-state index is -4.12. The number of nitrogens with one attached hydrogen (secondary N) is 1. The van der Waals surface area contributed by atoms with Crippen molar-refractivity contribution in [1.82, 2.24) is 15.0 Å². The highest BCUT2D eigenvalue weighted by atomic mass is 32.2. The van der Waals surface area contributed by atoms with E-state index < -0.39 is 15.6 Å². The van der Waals surface area contributed by atoms with Crippen LogP contribution in [0.15, 0.2) is 81.1 Å². The Morgan fingerprint density at radius 3 is 2.47 bits per heavy atom. The number of aromatic nitrogens is 1. The van der Waals surface area contributed by atoms with Gasteiger partial charge in [0.25, 0.3) is 21.8 Å². The number of amides is 2. The molecule has 1 N–H and O–H groups in total. The molecule has 1 fully saturated rings. The van der Waals surface area contributed by atoms with Crippen molar-refractivity contribution in [3.8, 4) is 16.9 Å². The van der Waals surface area contributed by atoms with E-state index in [-0.39, 0.29) is 29.1 Å². The lowest BCUT2D eigenvalue weighted by Crippen LogP contribution is -2.40. The molecule has 3 aromatic carbocycles. The highest BCUT2D eigenvalue weighted by Gasteiger charge is 2.49. The van der Waals surface area contributed by atoms with Crippen LogP contribution in [0.25, 0.3) is 11.1 Å². The second-order valence-corrected chi connectivity index (χ2v) is 15.1. The summed E-state index contributed by atoms with van der Waals surface area (Å²) in [6.07, 6.45) is 6.17. The maximum Gasteiger partial charge on any atom is 0.263 e. The van der Waals surface area contributed by atoms with Crippen molar-refractivity contribution in [3.63, 3.8) is 0 Å².